The van der Waals surface area contributed by atoms with E-state index in [1.807, 2.05) is 12.1 Å². The fraction of sp³-hybridized carbons (Fsp3) is 0.100. The largest absolute Gasteiger partial charge is 0.476 e. The highest BCUT2D eigenvalue weighted by Gasteiger charge is 2.12. The quantitative estimate of drug-likeness (QED) is 0.787. The molecule has 2 heterocycles. The van der Waals surface area contributed by atoms with Crippen LogP contribution < -0.4 is 5.73 Å². The molecular weight excluding hydrogens is 208 g/mol. The fourth-order valence-electron chi connectivity index (χ4n) is 1.36. The summed E-state index contributed by atoms with van der Waals surface area (Å²) in [4.78, 5) is 14.6. The van der Waals surface area contributed by atoms with Crippen LogP contribution in [0.25, 0.3) is 0 Å². The Labute approximate surface area is 91.3 Å². The van der Waals surface area contributed by atoms with Gasteiger partial charge >= 0.3 is 5.97 Å². The lowest BCUT2D eigenvalue weighted by atomic mass is 10.3. The minimum Gasteiger partial charge on any atom is -0.476 e. The summed E-state index contributed by atoms with van der Waals surface area (Å²) >= 11 is 0. The number of nitrogens with zero attached hydrogens (tertiary/aromatic N) is 3. The molecule has 0 radical (unpaired) electrons. The van der Waals surface area contributed by atoms with Crippen molar-refractivity contribution in [3.63, 3.8) is 0 Å². The molecule has 2 aromatic rings. The molecule has 82 valence electrons. The van der Waals surface area contributed by atoms with Gasteiger partial charge in [-0.1, -0.05) is 0 Å². The minimum absolute atomic E-state index is 0.117. The first kappa shape index (κ1) is 10.2. The molecule has 0 aromatic carbocycles. The second kappa shape index (κ2) is 4.01. The Bertz CT molecular complexity index is 507. The predicted octanol–water partition coefficient (Wildman–Crippen LogP) is 0.607. The molecule has 0 aliphatic rings. The summed E-state index contributed by atoms with van der Waals surface area (Å²) in [5.74, 6) is -1.12. The van der Waals surface area contributed by atoms with Crippen LogP contribution in [0.5, 0.6) is 0 Å². The van der Waals surface area contributed by atoms with Crippen LogP contribution in [0.3, 0.4) is 0 Å². The molecule has 0 bridgehead atoms. The van der Waals surface area contributed by atoms with Gasteiger partial charge in [-0.25, -0.2) is 4.79 Å². The van der Waals surface area contributed by atoms with Crippen LogP contribution in [-0.2, 0) is 6.54 Å². The van der Waals surface area contributed by atoms with Crippen molar-refractivity contribution >= 4 is 11.7 Å². The number of pyridine rings is 1. The van der Waals surface area contributed by atoms with Crippen molar-refractivity contribution in [2.45, 2.75) is 6.54 Å². The third-order valence-corrected chi connectivity index (χ3v) is 2.09. The van der Waals surface area contributed by atoms with E-state index in [4.69, 9.17) is 10.8 Å². The second-order valence-electron chi connectivity index (χ2n) is 3.29. The Morgan fingerprint density at radius 1 is 1.44 bits per heavy atom. The molecule has 2 rings (SSSR count). The smallest absolute Gasteiger partial charge is 0.358 e. The van der Waals surface area contributed by atoms with Gasteiger partial charge in [0.15, 0.2) is 5.69 Å². The standard InChI is InChI=1S/C10H10N4O2/c11-8-6-14(13-9(8)10(15)16)5-7-1-3-12-4-2-7/h1-4,6H,5,11H2,(H,15,16). The molecule has 0 spiro atoms. The number of aromatic carboxylic acids is 1. The maximum atomic E-state index is 10.7. The van der Waals surface area contributed by atoms with Crippen molar-refractivity contribution in [1.29, 1.82) is 0 Å². The number of carboxylic acids is 1. The average molecular weight is 218 g/mol. The summed E-state index contributed by atoms with van der Waals surface area (Å²) in [6.45, 7) is 0.472. The van der Waals surface area contributed by atoms with Crippen molar-refractivity contribution in [3.05, 3.63) is 42.0 Å². The second-order valence-corrected chi connectivity index (χ2v) is 3.29. The van der Waals surface area contributed by atoms with Crippen LogP contribution in [0.4, 0.5) is 5.69 Å². The number of rotatable bonds is 3. The molecule has 0 saturated carbocycles. The summed E-state index contributed by atoms with van der Waals surface area (Å²) < 4.78 is 1.49. The fourth-order valence-corrected chi connectivity index (χ4v) is 1.36. The summed E-state index contributed by atoms with van der Waals surface area (Å²) in [6, 6.07) is 3.66. The predicted molar refractivity (Wildman–Crippen MR) is 56.9 cm³/mol. The molecule has 0 atom stereocenters. The van der Waals surface area contributed by atoms with E-state index in [1.165, 1.54) is 10.9 Å². The summed E-state index contributed by atoms with van der Waals surface area (Å²) in [6.07, 6.45) is 4.84. The van der Waals surface area contributed by atoms with Crippen molar-refractivity contribution in [3.8, 4) is 0 Å². The maximum Gasteiger partial charge on any atom is 0.358 e. The van der Waals surface area contributed by atoms with Crippen LogP contribution in [0.2, 0.25) is 0 Å². The molecule has 16 heavy (non-hydrogen) atoms. The van der Waals surface area contributed by atoms with Crippen LogP contribution in [0.1, 0.15) is 16.1 Å². The molecule has 6 nitrogen and oxygen atoms in total. The van der Waals surface area contributed by atoms with Gasteiger partial charge < -0.3 is 10.8 Å². The number of anilines is 1. The molecule has 3 N–H and O–H groups in total. The van der Waals surface area contributed by atoms with Gasteiger partial charge in [0.1, 0.15) is 0 Å². The molecular formula is C10H10N4O2. The van der Waals surface area contributed by atoms with E-state index in [0.717, 1.165) is 5.56 Å². The number of carboxylic acid groups (broad SMARTS) is 1. The van der Waals surface area contributed by atoms with E-state index < -0.39 is 5.97 Å². The van der Waals surface area contributed by atoms with Gasteiger partial charge in [0.25, 0.3) is 0 Å². The van der Waals surface area contributed by atoms with Crippen molar-refractivity contribution in [2.24, 2.45) is 0 Å². The lowest BCUT2D eigenvalue weighted by molar-refractivity contribution is 0.0690. The minimum atomic E-state index is -1.12. The topological polar surface area (TPSA) is 94.0 Å². The van der Waals surface area contributed by atoms with Gasteiger partial charge in [0.05, 0.1) is 12.2 Å². The van der Waals surface area contributed by atoms with Crippen LogP contribution in [0.15, 0.2) is 30.7 Å². The number of aromatic nitrogens is 3. The third kappa shape index (κ3) is 2.00. The molecule has 2 aromatic heterocycles. The maximum absolute atomic E-state index is 10.7. The van der Waals surface area contributed by atoms with Gasteiger partial charge in [0, 0.05) is 18.6 Å². The number of hydrogen-bond donors (Lipinski definition) is 2. The monoisotopic (exact) mass is 218 g/mol. The molecule has 0 amide bonds. The van der Waals surface area contributed by atoms with Crippen molar-refractivity contribution in [1.82, 2.24) is 14.8 Å². The summed E-state index contributed by atoms with van der Waals surface area (Å²) in [5, 5.41) is 12.7. The lowest BCUT2D eigenvalue weighted by Gasteiger charge is -1.99. The normalized spacial score (nSPS) is 10.2. The molecule has 0 fully saturated rings. The Morgan fingerprint density at radius 3 is 2.69 bits per heavy atom. The van der Waals surface area contributed by atoms with E-state index in [9.17, 15) is 4.79 Å². The number of nitrogens with two attached hydrogens (primary N) is 1. The summed E-state index contributed by atoms with van der Waals surface area (Å²) in [7, 11) is 0. The van der Waals surface area contributed by atoms with Crippen LogP contribution in [0, 0.1) is 0 Å². The van der Waals surface area contributed by atoms with E-state index in [0.29, 0.717) is 6.54 Å². The SMILES string of the molecule is Nc1cn(Cc2ccncc2)nc1C(=O)O. The Hall–Kier alpha value is -2.37. The zero-order chi connectivity index (χ0) is 11.5. The first-order chi connectivity index (χ1) is 7.66. The van der Waals surface area contributed by atoms with E-state index in [2.05, 4.69) is 10.1 Å². The molecule has 0 unspecified atom stereocenters. The molecule has 0 aliphatic carbocycles. The molecule has 0 aliphatic heterocycles. The highest BCUT2D eigenvalue weighted by atomic mass is 16.4. The van der Waals surface area contributed by atoms with E-state index in [1.54, 1.807) is 12.4 Å². The van der Waals surface area contributed by atoms with Gasteiger partial charge in [-0.05, 0) is 17.7 Å². The lowest BCUT2D eigenvalue weighted by Crippen LogP contribution is -2.04. The zero-order valence-electron chi connectivity index (χ0n) is 8.37. The van der Waals surface area contributed by atoms with E-state index in [-0.39, 0.29) is 11.4 Å². The van der Waals surface area contributed by atoms with Crippen LogP contribution in [-0.4, -0.2) is 25.8 Å². The third-order valence-electron chi connectivity index (χ3n) is 2.09. The van der Waals surface area contributed by atoms with Crippen molar-refractivity contribution < 1.29 is 9.90 Å². The van der Waals surface area contributed by atoms with E-state index >= 15 is 0 Å². The highest BCUT2D eigenvalue weighted by molar-refractivity contribution is 5.91. The summed E-state index contributed by atoms with van der Waals surface area (Å²) in [5.41, 5.74) is 6.55. The first-order valence-electron chi connectivity index (χ1n) is 4.62. The number of hydrogen-bond acceptors (Lipinski definition) is 4. The average Bonchev–Trinajstić information content (AvgIpc) is 2.61. The molecule has 0 saturated heterocycles. The first-order valence-corrected chi connectivity index (χ1v) is 4.62. The Kier molecular flexibility index (Phi) is 2.55. The van der Waals surface area contributed by atoms with Gasteiger partial charge in [0.2, 0.25) is 0 Å². The Balaban J connectivity index is 2.23. The molecule has 6 heteroatoms. The van der Waals surface area contributed by atoms with Crippen molar-refractivity contribution in [2.75, 3.05) is 5.73 Å². The zero-order valence-corrected chi connectivity index (χ0v) is 8.37. The van der Waals surface area contributed by atoms with Crippen LogP contribution >= 0.6 is 0 Å². The highest BCUT2D eigenvalue weighted by Crippen LogP contribution is 2.10. The number of nitrogen functional groups attached to an aromatic ring is 1. The Morgan fingerprint density at radius 2 is 2.12 bits per heavy atom. The number of carbonyl (C=O) groups is 1. The van der Waals surface area contributed by atoms with Gasteiger partial charge in [-0.15, -0.1) is 0 Å². The van der Waals surface area contributed by atoms with Gasteiger partial charge in [-0.3, -0.25) is 9.67 Å². The van der Waals surface area contributed by atoms with Gasteiger partial charge in [-0.2, -0.15) is 5.10 Å².